The normalized spacial score (nSPS) is 11.6. The Morgan fingerprint density at radius 2 is 1.88 bits per heavy atom. The van der Waals surface area contributed by atoms with Gasteiger partial charge in [0.2, 0.25) is 5.89 Å². The number of oxazole rings is 1. The highest BCUT2D eigenvalue weighted by Crippen LogP contribution is 2.10. The van der Waals surface area contributed by atoms with E-state index in [0.29, 0.717) is 31.5 Å². The second-order valence-electron chi connectivity index (χ2n) is 5.85. The van der Waals surface area contributed by atoms with Crippen molar-refractivity contribution < 1.29 is 9.15 Å². The van der Waals surface area contributed by atoms with Crippen LogP contribution in [-0.4, -0.2) is 24.6 Å². The van der Waals surface area contributed by atoms with Crippen LogP contribution < -0.4 is 10.6 Å². The zero-order chi connectivity index (χ0) is 18.1. The first-order chi connectivity index (χ1) is 12.1. The summed E-state index contributed by atoms with van der Waals surface area (Å²) in [5, 5.41) is 6.54. The van der Waals surface area contributed by atoms with Gasteiger partial charge in [-0.15, -0.1) is 0 Å². The molecule has 0 fully saturated rings. The van der Waals surface area contributed by atoms with Crippen molar-refractivity contribution in [2.45, 2.75) is 46.9 Å². The van der Waals surface area contributed by atoms with E-state index < -0.39 is 0 Å². The number of benzene rings is 1. The van der Waals surface area contributed by atoms with Gasteiger partial charge in [-0.2, -0.15) is 0 Å². The molecule has 0 atom stereocenters. The molecule has 0 saturated heterocycles. The first kappa shape index (κ1) is 19.0. The summed E-state index contributed by atoms with van der Waals surface area (Å²) in [6.07, 6.45) is 1.02. The Kier molecular flexibility index (Phi) is 7.47. The van der Waals surface area contributed by atoms with Gasteiger partial charge in [0.1, 0.15) is 5.76 Å². The maximum atomic E-state index is 5.67. The van der Waals surface area contributed by atoms with Crippen molar-refractivity contribution in [3.05, 3.63) is 52.7 Å². The molecule has 0 aliphatic carbocycles. The van der Waals surface area contributed by atoms with Crippen LogP contribution in [0.2, 0.25) is 0 Å². The Labute approximate surface area is 149 Å². The monoisotopic (exact) mass is 344 g/mol. The highest BCUT2D eigenvalue weighted by Gasteiger charge is 2.07. The van der Waals surface area contributed by atoms with Crippen molar-refractivity contribution in [3.63, 3.8) is 0 Å². The fourth-order valence-corrected chi connectivity index (χ4v) is 2.37. The number of aryl methyl sites for hydroxylation is 2. The number of ether oxygens (including phenoxy) is 1. The number of hydrogen-bond donors (Lipinski definition) is 2. The molecule has 0 aliphatic rings. The summed E-state index contributed by atoms with van der Waals surface area (Å²) in [6, 6.07) is 8.27. The number of rotatable bonds is 8. The van der Waals surface area contributed by atoms with E-state index in [-0.39, 0.29) is 0 Å². The first-order valence-electron chi connectivity index (χ1n) is 8.66. The molecule has 136 valence electrons. The summed E-state index contributed by atoms with van der Waals surface area (Å²) < 4.78 is 11.2. The van der Waals surface area contributed by atoms with Crippen LogP contribution in [0.15, 0.2) is 33.7 Å². The van der Waals surface area contributed by atoms with Crippen LogP contribution in [0.25, 0.3) is 0 Å². The van der Waals surface area contributed by atoms with Crippen molar-refractivity contribution in [2.75, 3.05) is 13.7 Å². The number of aliphatic imine (C=N–C) groups is 1. The van der Waals surface area contributed by atoms with E-state index in [1.54, 1.807) is 7.05 Å². The largest absolute Gasteiger partial charge is 0.444 e. The van der Waals surface area contributed by atoms with E-state index in [4.69, 9.17) is 9.15 Å². The zero-order valence-corrected chi connectivity index (χ0v) is 15.6. The van der Waals surface area contributed by atoms with Gasteiger partial charge in [-0.3, -0.25) is 4.99 Å². The summed E-state index contributed by atoms with van der Waals surface area (Å²) in [5.74, 6) is 2.21. The second-order valence-corrected chi connectivity index (χ2v) is 5.85. The molecule has 2 N–H and O–H groups in total. The fraction of sp³-hybridized carbons (Fsp3) is 0.474. The van der Waals surface area contributed by atoms with Gasteiger partial charge in [0.05, 0.1) is 18.8 Å². The van der Waals surface area contributed by atoms with Gasteiger partial charge in [-0.05, 0) is 31.4 Å². The maximum Gasteiger partial charge on any atom is 0.214 e. The van der Waals surface area contributed by atoms with E-state index in [1.165, 1.54) is 11.1 Å². The zero-order valence-electron chi connectivity index (χ0n) is 15.6. The van der Waals surface area contributed by atoms with E-state index >= 15 is 0 Å². The smallest absolute Gasteiger partial charge is 0.214 e. The Hall–Kier alpha value is -2.34. The molecule has 6 heteroatoms. The van der Waals surface area contributed by atoms with Gasteiger partial charge < -0.3 is 19.8 Å². The van der Waals surface area contributed by atoms with Gasteiger partial charge in [-0.25, -0.2) is 4.98 Å². The number of aromatic nitrogens is 1. The molecule has 0 unspecified atom stereocenters. The average Bonchev–Trinajstić information content (AvgIpc) is 2.94. The van der Waals surface area contributed by atoms with Crippen molar-refractivity contribution in [1.82, 2.24) is 15.6 Å². The van der Waals surface area contributed by atoms with Crippen molar-refractivity contribution >= 4 is 5.96 Å². The molecule has 0 saturated carbocycles. The minimum atomic E-state index is 0.496. The van der Waals surface area contributed by atoms with Crippen LogP contribution in [0.4, 0.5) is 0 Å². The molecular formula is C19H28N4O2. The molecule has 6 nitrogen and oxygen atoms in total. The molecule has 2 rings (SSSR count). The summed E-state index contributed by atoms with van der Waals surface area (Å²) in [6.45, 7) is 8.54. The molecule has 25 heavy (non-hydrogen) atoms. The van der Waals surface area contributed by atoms with Crippen LogP contribution in [0.1, 0.15) is 41.8 Å². The number of nitrogens with zero attached hydrogens (tertiary/aromatic N) is 2. The molecule has 1 aromatic carbocycles. The van der Waals surface area contributed by atoms with E-state index in [2.05, 4.69) is 39.7 Å². The van der Waals surface area contributed by atoms with E-state index in [0.717, 1.165) is 24.5 Å². The minimum absolute atomic E-state index is 0.496. The van der Waals surface area contributed by atoms with Crippen LogP contribution in [0.3, 0.4) is 0 Å². The summed E-state index contributed by atoms with van der Waals surface area (Å²) in [5.41, 5.74) is 3.31. The highest BCUT2D eigenvalue weighted by atomic mass is 16.5. The van der Waals surface area contributed by atoms with E-state index in [1.807, 2.05) is 26.0 Å². The van der Waals surface area contributed by atoms with Crippen molar-refractivity contribution in [2.24, 2.45) is 4.99 Å². The molecular weight excluding hydrogens is 316 g/mol. The Morgan fingerprint density at radius 3 is 2.52 bits per heavy atom. The lowest BCUT2D eigenvalue weighted by molar-refractivity contribution is 0.121. The minimum Gasteiger partial charge on any atom is -0.444 e. The van der Waals surface area contributed by atoms with Crippen LogP contribution in [-0.2, 0) is 24.4 Å². The molecule has 0 bridgehead atoms. The molecule has 2 aromatic rings. The first-order valence-corrected chi connectivity index (χ1v) is 8.66. The third kappa shape index (κ3) is 5.90. The van der Waals surface area contributed by atoms with Gasteiger partial charge in [0.25, 0.3) is 0 Å². The predicted molar refractivity (Wildman–Crippen MR) is 99.4 cm³/mol. The molecule has 0 aliphatic heterocycles. The van der Waals surface area contributed by atoms with Crippen molar-refractivity contribution in [3.8, 4) is 0 Å². The third-order valence-corrected chi connectivity index (χ3v) is 3.87. The lowest BCUT2D eigenvalue weighted by Crippen LogP contribution is -2.36. The second kappa shape index (κ2) is 9.84. The summed E-state index contributed by atoms with van der Waals surface area (Å²) >= 11 is 0. The molecule has 0 radical (unpaired) electrons. The Bertz CT molecular complexity index is 675. The van der Waals surface area contributed by atoms with Gasteiger partial charge in [0, 0.05) is 20.2 Å². The fourth-order valence-electron chi connectivity index (χ4n) is 2.37. The molecule has 1 heterocycles. The topological polar surface area (TPSA) is 71.7 Å². The highest BCUT2D eigenvalue weighted by molar-refractivity contribution is 5.79. The SMILES string of the molecule is CCCOCc1ccccc1CNC(=NC)NCc1nc(C)c(C)o1. The van der Waals surface area contributed by atoms with Crippen molar-refractivity contribution in [1.29, 1.82) is 0 Å². The van der Waals surface area contributed by atoms with Crippen LogP contribution >= 0.6 is 0 Å². The predicted octanol–water partition coefficient (Wildman–Crippen LogP) is 3.08. The Morgan fingerprint density at radius 1 is 1.16 bits per heavy atom. The quantitative estimate of drug-likeness (QED) is 0.437. The molecule has 1 aromatic heterocycles. The Balaban J connectivity index is 1.88. The van der Waals surface area contributed by atoms with Gasteiger partial charge in [0.15, 0.2) is 5.96 Å². The number of guanidine groups is 1. The lowest BCUT2D eigenvalue weighted by atomic mass is 10.1. The maximum absolute atomic E-state index is 5.67. The summed E-state index contributed by atoms with van der Waals surface area (Å²) in [4.78, 5) is 8.61. The number of hydrogen-bond acceptors (Lipinski definition) is 4. The van der Waals surface area contributed by atoms with Crippen LogP contribution in [0, 0.1) is 13.8 Å². The van der Waals surface area contributed by atoms with Crippen LogP contribution in [0.5, 0.6) is 0 Å². The van der Waals surface area contributed by atoms with E-state index in [9.17, 15) is 0 Å². The average molecular weight is 344 g/mol. The van der Waals surface area contributed by atoms with Gasteiger partial charge in [-0.1, -0.05) is 31.2 Å². The third-order valence-electron chi connectivity index (χ3n) is 3.87. The lowest BCUT2D eigenvalue weighted by Gasteiger charge is -2.13. The van der Waals surface area contributed by atoms with Gasteiger partial charge >= 0.3 is 0 Å². The molecule has 0 spiro atoms. The summed E-state index contributed by atoms with van der Waals surface area (Å²) in [7, 11) is 1.75. The number of nitrogens with one attached hydrogen (secondary N) is 2. The molecule has 0 amide bonds. The standard InChI is InChI=1S/C19H28N4O2/c1-5-10-24-13-17-9-7-6-8-16(17)11-21-19(20-4)22-12-18-23-14(2)15(3)25-18/h6-9H,5,10-13H2,1-4H3,(H2,20,21,22).